The van der Waals surface area contributed by atoms with E-state index in [-0.39, 0.29) is 28.7 Å². The van der Waals surface area contributed by atoms with E-state index in [1.54, 1.807) is 4.68 Å². The minimum atomic E-state index is -0.360. The van der Waals surface area contributed by atoms with E-state index in [1.165, 1.54) is 7.11 Å². The van der Waals surface area contributed by atoms with E-state index in [0.717, 1.165) is 24.2 Å². The summed E-state index contributed by atoms with van der Waals surface area (Å²) >= 11 is 0. The summed E-state index contributed by atoms with van der Waals surface area (Å²) in [4.78, 5) is 24.9. The van der Waals surface area contributed by atoms with Crippen molar-refractivity contribution in [2.75, 3.05) is 7.11 Å². The highest BCUT2D eigenvalue weighted by molar-refractivity contribution is 5.81. The Balaban J connectivity index is 1.49. The summed E-state index contributed by atoms with van der Waals surface area (Å²) in [7, 11) is 1.43. The zero-order chi connectivity index (χ0) is 16.5. The smallest absolute Gasteiger partial charge is 0.347 e. The monoisotopic (exact) mass is 325 g/mol. The number of aryl methyl sites for hydroxylation is 1. The molecule has 6 heteroatoms. The van der Waals surface area contributed by atoms with Gasteiger partial charge >= 0.3 is 11.7 Å². The molecule has 124 valence electrons. The number of hydrogen-bond acceptors (Lipinski definition) is 4. The predicted octanol–water partition coefficient (Wildman–Crippen LogP) is 1.63. The molecule has 3 saturated carbocycles. The quantitative estimate of drug-likeness (QED) is 0.805. The third-order valence-corrected chi connectivity index (χ3v) is 6.09. The van der Waals surface area contributed by atoms with Crippen LogP contribution in [0.5, 0.6) is 0 Å². The molecule has 1 aromatic heterocycles. The molecule has 2 aromatic rings. The van der Waals surface area contributed by atoms with Crippen LogP contribution in [0.2, 0.25) is 0 Å². The Bertz CT molecular complexity index is 876. The molecule has 0 unspecified atom stereocenters. The van der Waals surface area contributed by atoms with Gasteiger partial charge in [-0.25, -0.2) is 9.48 Å². The number of benzene rings is 1. The first kappa shape index (κ1) is 14.0. The number of aromatic nitrogens is 3. The van der Waals surface area contributed by atoms with Crippen molar-refractivity contribution < 1.29 is 9.53 Å². The molecule has 1 aromatic carbocycles. The van der Waals surface area contributed by atoms with Gasteiger partial charge in [0.05, 0.1) is 24.1 Å². The summed E-state index contributed by atoms with van der Waals surface area (Å²) < 4.78 is 8.39. The van der Waals surface area contributed by atoms with Crippen molar-refractivity contribution in [3.8, 4) is 0 Å². The van der Waals surface area contributed by atoms with E-state index in [2.05, 4.69) is 17.2 Å². The first-order valence-electron chi connectivity index (χ1n) is 8.43. The van der Waals surface area contributed by atoms with Crippen LogP contribution in [-0.4, -0.2) is 27.4 Å². The Morgan fingerprint density at radius 1 is 1.25 bits per heavy atom. The standard InChI is InChI=1S/C18H19N3O3/c1-24-15(22)17-9-18(10-17,11-17)21-16(23)20-13(7-8-14(20)19-21)12-5-3-2-4-6-12/h2-6,13H,7-11H2,1H3/t13-,17?,18?/m0/s1. The Morgan fingerprint density at radius 3 is 2.62 bits per heavy atom. The number of nitrogens with zero attached hydrogens (tertiary/aromatic N) is 3. The Morgan fingerprint density at radius 2 is 1.96 bits per heavy atom. The molecule has 0 saturated heterocycles. The van der Waals surface area contributed by atoms with Crippen molar-refractivity contribution in [2.45, 2.75) is 43.7 Å². The van der Waals surface area contributed by atoms with E-state index in [1.807, 2.05) is 22.8 Å². The third kappa shape index (κ3) is 1.53. The molecule has 1 atom stereocenters. The highest BCUT2D eigenvalue weighted by atomic mass is 16.5. The minimum absolute atomic E-state index is 0.0329. The summed E-state index contributed by atoms with van der Waals surface area (Å²) in [5.41, 5.74) is 0.501. The number of carbonyl (C=O) groups excluding carboxylic acids is 1. The minimum Gasteiger partial charge on any atom is -0.469 e. The Hall–Kier alpha value is -2.37. The van der Waals surface area contributed by atoms with Crippen LogP contribution in [0.4, 0.5) is 0 Å². The molecule has 2 heterocycles. The van der Waals surface area contributed by atoms with E-state index in [9.17, 15) is 9.59 Å². The number of rotatable bonds is 3. The van der Waals surface area contributed by atoms with Crippen LogP contribution in [0, 0.1) is 5.41 Å². The second-order valence-electron chi connectivity index (χ2n) is 7.47. The molecule has 0 amide bonds. The molecular formula is C18H19N3O3. The average Bonchev–Trinajstić information content (AvgIpc) is 3.07. The first-order valence-corrected chi connectivity index (χ1v) is 8.43. The summed E-state index contributed by atoms with van der Waals surface area (Å²) in [6.45, 7) is 0. The van der Waals surface area contributed by atoms with Crippen molar-refractivity contribution in [3.63, 3.8) is 0 Å². The molecule has 6 rings (SSSR count). The molecule has 3 fully saturated rings. The molecular weight excluding hydrogens is 306 g/mol. The third-order valence-electron chi connectivity index (χ3n) is 6.09. The topological polar surface area (TPSA) is 66.1 Å². The molecule has 0 radical (unpaired) electrons. The number of esters is 1. The molecule has 0 spiro atoms. The number of methoxy groups -OCH3 is 1. The Labute approximate surface area is 139 Å². The van der Waals surface area contributed by atoms with E-state index >= 15 is 0 Å². The lowest BCUT2D eigenvalue weighted by atomic mass is 9.39. The zero-order valence-electron chi connectivity index (χ0n) is 13.6. The lowest BCUT2D eigenvalue weighted by Crippen LogP contribution is -2.72. The molecule has 6 nitrogen and oxygen atoms in total. The summed E-state index contributed by atoms with van der Waals surface area (Å²) in [5, 5.41) is 4.63. The van der Waals surface area contributed by atoms with Crippen LogP contribution in [0.25, 0.3) is 0 Å². The van der Waals surface area contributed by atoms with Crippen molar-refractivity contribution in [2.24, 2.45) is 5.41 Å². The lowest BCUT2D eigenvalue weighted by Gasteiger charge is -2.67. The van der Waals surface area contributed by atoms with Gasteiger partial charge < -0.3 is 4.74 Å². The van der Waals surface area contributed by atoms with Crippen LogP contribution in [-0.2, 0) is 21.5 Å². The van der Waals surface area contributed by atoms with E-state index < -0.39 is 0 Å². The van der Waals surface area contributed by atoms with Crippen LogP contribution < -0.4 is 5.69 Å². The van der Waals surface area contributed by atoms with Gasteiger partial charge in [-0.15, -0.1) is 0 Å². The van der Waals surface area contributed by atoms with Crippen LogP contribution >= 0.6 is 0 Å². The largest absolute Gasteiger partial charge is 0.469 e. The molecule has 24 heavy (non-hydrogen) atoms. The van der Waals surface area contributed by atoms with E-state index in [0.29, 0.717) is 19.3 Å². The van der Waals surface area contributed by atoms with Gasteiger partial charge in [-0.3, -0.25) is 9.36 Å². The Kier molecular flexibility index (Phi) is 2.55. The molecule has 4 aliphatic rings. The molecule has 2 bridgehead atoms. The zero-order valence-corrected chi connectivity index (χ0v) is 13.6. The van der Waals surface area contributed by atoms with Gasteiger partial charge in [0.1, 0.15) is 5.82 Å². The lowest BCUT2D eigenvalue weighted by molar-refractivity contribution is -0.220. The van der Waals surface area contributed by atoms with Gasteiger partial charge in [0, 0.05) is 6.42 Å². The normalized spacial score (nSPS) is 32.6. The van der Waals surface area contributed by atoms with Gasteiger partial charge in [-0.2, -0.15) is 5.10 Å². The second-order valence-corrected chi connectivity index (χ2v) is 7.47. The summed E-state index contributed by atoms with van der Waals surface area (Å²) in [6.07, 6.45) is 3.78. The fourth-order valence-corrected chi connectivity index (χ4v) is 4.99. The summed E-state index contributed by atoms with van der Waals surface area (Å²) in [5.74, 6) is 0.719. The van der Waals surface area contributed by atoms with Crippen LogP contribution in [0.15, 0.2) is 35.1 Å². The van der Waals surface area contributed by atoms with Crippen molar-refractivity contribution in [1.82, 2.24) is 14.3 Å². The number of fused-ring (bicyclic) bond motifs is 1. The van der Waals surface area contributed by atoms with Gasteiger partial charge in [-0.1, -0.05) is 30.3 Å². The molecule has 3 aliphatic carbocycles. The van der Waals surface area contributed by atoms with E-state index in [4.69, 9.17) is 4.74 Å². The van der Waals surface area contributed by atoms with Gasteiger partial charge in [0.15, 0.2) is 0 Å². The van der Waals surface area contributed by atoms with Gasteiger partial charge in [0.2, 0.25) is 0 Å². The molecule has 1 aliphatic heterocycles. The van der Waals surface area contributed by atoms with Crippen LogP contribution in [0.1, 0.15) is 43.1 Å². The number of carbonyl (C=O) groups is 1. The van der Waals surface area contributed by atoms with Crippen molar-refractivity contribution in [3.05, 3.63) is 52.2 Å². The van der Waals surface area contributed by atoms with Gasteiger partial charge in [0.25, 0.3) is 0 Å². The fraction of sp³-hybridized carbons (Fsp3) is 0.500. The SMILES string of the molecule is COC(=O)C12CC(n3nc4n(c3=O)[C@H](c3ccccc3)CC4)(C1)C2. The fourth-order valence-electron chi connectivity index (χ4n) is 4.99. The number of ether oxygens (including phenoxy) is 1. The molecule has 0 N–H and O–H groups in total. The van der Waals surface area contributed by atoms with Crippen molar-refractivity contribution >= 4 is 5.97 Å². The highest BCUT2D eigenvalue weighted by Crippen LogP contribution is 2.71. The highest BCUT2D eigenvalue weighted by Gasteiger charge is 2.74. The summed E-state index contributed by atoms with van der Waals surface area (Å²) in [6, 6.07) is 10.2. The number of hydrogen-bond donors (Lipinski definition) is 0. The van der Waals surface area contributed by atoms with Crippen LogP contribution in [0.3, 0.4) is 0 Å². The van der Waals surface area contributed by atoms with Gasteiger partial charge in [-0.05, 0) is 31.2 Å². The first-order chi connectivity index (χ1) is 11.6. The average molecular weight is 325 g/mol. The maximum absolute atomic E-state index is 13.0. The maximum Gasteiger partial charge on any atom is 0.347 e. The predicted molar refractivity (Wildman–Crippen MR) is 85.7 cm³/mol. The maximum atomic E-state index is 13.0. The second kappa shape index (κ2) is 4.37. The van der Waals surface area contributed by atoms with Crippen molar-refractivity contribution in [1.29, 1.82) is 0 Å².